The Balaban J connectivity index is 2.22. The van der Waals surface area contributed by atoms with Gasteiger partial charge in [-0.25, -0.2) is 0 Å². The highest BCUT2D eigenvalue weighted by molar-refractivity contribution is 9.11. The second kappa shape index (κ2) is 6.63. The summed E-state index contributed by atoms with van der Waals surface area (Å²) in [6.45, 7) is 0. The van der Waals surface area contributed by atoms with Crippen LogP contribution < -0.4 is 11.3 Å². The van der Waals surface area contributed by atoms with E-state index in [9.17, 15) is 0 Å². The Labute approximate surface area is 135 Å². The molecular formula is C12H11Br3N2S. The van der Waals surface area contributed by atoms with E-state index in [0.29, 0.717) is 0 Å². The summed E-state index contributed by atoms with van der Waals surface area (Å²) in [6, 6.07) is 10.5. The number of nitrogens with one attached hydrogen (secondary N) is 1. The first-order valence-corrected chi connectivity index (χ1v) is 8.44. The van der Waals surface area contributed by atoms with Gasteiger partial charge in [0.15, 0.2) is 0 Å². The van der Waals surface area contributed by atoms with Crippen LogP contribution in [0.2, 0.25) is 0 Å². The van der Waals surface area contributed by atoms with Crippen molar-refractivity contribution in [1.82, 2.24) is 5.43 Å². The maximum Gasteiger partial charge on any atom is 0.0701 e. The van der Waals surface area contributed by atoms with Gasteiger partial charge in [0.2, 0.25) is 0 Å². The lowest BCUT2D eigenvalue weighted by atomic mass is 10.0. The van der Waals surface area contributed by atoms with E-state index in [-0.39, 0.29) is 6.04 Å². The standard InChI is InChI=1S/C12H11Br3N2S/c13-8-3-7(4-9(14)5-8)11(17-16)6-10-1-2-12(15)18-10/h1-5,11,17H,6,16H2. The lowest BCUT2D eigenvalue weighted by molar-refractivity contribution is 0.555. The summed E-state index contributed by atoms with van der Waals surface area (Å²) in [5, 5.41) is 0. The molecule has 0 fully saturated rings. The molecule has 1 unspecified atom stereocenters. The fourth-order valence-electron chi connectivity index (χ4n) is 1.71. The molecule has 0 aliphatic heterocycles. The molecule has 2 aromatic rings. The molecule has 0 aliphatic rings. The van der Waals surface area contributed by atoms with Gasteiger partial charge >= 0.3 is 0 Å². The Bertz CT molecular complexity index is 522. The van der Waals surface area contributed by atoms with Gasteiger partial charge in [0, 0.05) is 20.2 Å². The van der Waals surface area contributed by atoms with Crippen molar-refractivity contribution in [3.05, 3.63) is 53.5 Å². The molecule has 0 amide bonds. The molecule has 3 N–H and O–H groups in total. The molecule has 0 bridgehead atoms. The van der Waals surface area contributed by atoms with E-state index >= 15 is 0 Å². The molecule has 96 valence electrons. The molecule has 18 heavy (non-hydrogen) atoms. The molecule has 2 rings (SSSR count). The predicted octanol–water partition coefficient (Wildman–Crippen LogP) is 4.78. The van der Waals surface area contributed by atoms with Crippen LogP contribution in [0.25, 0.3) is 0 Å². The molecule has 0 saturated carbocycles. The minimum Gasteiger partial charge on any atom is -0.271 e. The van der Waals surface area contributed by atoms with Gasteiger partial charge in [-0.05, 0) is 51.8 Å². The number of halogens is 3. The molecule has 0 radical (unpaired) electrons. The van der Waals surface area contributed by atoms with Gasteiger partial charge in [-0.15, -0.1) is 11.3 Å². The second-order valence-electron chi connectivity index (χ2n) is 3.83. The van der Waals surface area contributed by atoms with Crippen molar-refractivity contribution in [1.29, 1.82) is 0 Å². The monoisotopic (exact) mass is 452 g/mol. The van der Waals surface area contributed by atoms with Crippen molar-refractivity contribution in [3.8, 4) is 0 Å². The van der Waals surface area contributed by atoms with Gasteiger partial charge in [-0.3, -0.25) is 11.3 Å². The van der Waals surface area contributed by atoms with Crippen LogP contribution in [0.1, 0.15) is 16.5 Å². The van der Waals surface area contributed by atoms with Crippen molar-refractivity contribution in [2.45, 2.75) is 12.5 Å². The zero-order valence-corrected chi connectivity index (χ0v) is 14.9. The summed E-state index contributed by atoms with van der Waals surface area (Å²) in [7, 11) is 0. The molecule has 1 heterocycles. The van der Waals surface area contributed by atoms with E-state index in [1.807, 2.05) is 6.07 Å². The summed E-state index contributed by atoms with van der Waals surface area (Å²) < 4.78 is 3.22. The van der Waals surface area contributed by atoms with E-state index in [0.717, 1.165) is 24.7 Å². The smallest absolute Gasteiger partial charge is 0.0701 e. The van der Waals surface area contributed by atoms with E-state index in [1.54, 1.807) is 11.3 Å². The molecule has 6 heteroatoms. The maximum absolute atomic E-state index is 5.67. The van der Waals surface area contributed by atoms with E-state index in [4.69, 9.17) is 5.84 Å². The number of nitrogens with two attached hydrogens (primary N) is 1. The second-order valence-corrected chi connectivity index (χ2v) is 8.21. The minimum atomic E-state index is 0.101. The molecule has 2 nitrogen and oxygen atoms in total. The number of hydrogen-bond acceptors (Lipinski definition) is 3. The predicted molar refractivity (Wildman–Crippen MR) is 87.6 cm³/mol. The van der Waals surface area contributed by atoms with Crippen LogP contribution >= 0.6 is 59.1 Å². The van der Waals surface area contributed by atoms with E-state index < -0.39 is 0 Å². The van der Waals surface area contributed by atoms with Crippen molar-refractivity contribution >= 4 is 59.1 Å². The average molecular weight is 455 g/mol. The van der Waals surface area contributed by atoms with Crippen molar-refractivity contribution in [2.24, 2.45) is 5.84 Å². The SMILES string of the molecule is NNC(Cc1ccc(Br)s1)c1cc(Br)cc(Br)c1. The minimum absolute atomic E-state index is 0.101. The van der Waals surface area contributed by atoms with Crippen molar-refractivity contribution in [2.75, 3.05) is 0 Å². The third-order valence-corrected chi connectivity index (χ3v) is 5.08. The zero-order valence-electron chi connectivity index (χ0n) is 9.29. The number of hydrazine groups is 1. The van der Waals surface area contributed by atoms with Crippen LogP contribution in [0.5, 0.6) is 0 Å². The van der Waals surface area contributed by atoms with Crippen LogP contribution in [-0.2, 0) is 6.42 Å². The fourth-order valence-corrected chi connectivity index (χ4v) is 4.57. The largest absolute Gasteiger partial charge is 0.271 e. The number of benzene rings is 1. The highest BCUT2D eigenvalue weighted by Gasteiger charge is 2.13. The molecule has 1 aromatic heterocycles. The Morgan fingerprint density at radius 2 is 1.78 bits per heavy atom. The van der Waals surface area contributed by atoms with Gasteiger partial charge in [0.1, 0.15) is 0 Å². The molecule has 1 atom stereocenters. The highest BCUT2D eigenvalue weighted by atomic mass is 79.9. The van der Waals surface area contributed by atoms with Gasteiger partial charge in [0.05, 0.1) is 9.83 Å². The summed E-state index contributed by atoms with van der Waals surface area (Å²) in [5.74, 6) is 5.67. The van der Waals surface area contributed by atoms with Crippen LogP contribution in [0.15, 0.2) is 43.1 Å². The summed E-state index contributed by atoms with van der Waals surface area (Å²) >= 11 is 12.2. The lowest BCUT2D eigenvalue weighted by Crippen LogP contribution is -2.29. The van der Waals surface area contributed by atoms with Crippen LogP contribution in [0.4, 0.5) is 0 Å². The molecular weight excluding hydrogens is 444 g/mol. The third kappa shape index (κ3) is 3.88. The molecule has 1 aromatic carbocycles. The molecule has 0 saturated heterocycles. The van der Waals surface area contributed by atoms with Gasteiger partial charge < -0.3 is 0 Å². The van der Waals surface area contributed by atoms with Gasteiger partial charge in [-0.1, -0.05) is 31.9 Å². The van der Waals surface area contributed by atoms with Crippen molar-refractivity contribution in [3.63, 3.8) is 0 Å². The highest BCUT2D eigenvalue weighted by Crippen LogP contribution is 2.29. The lowest BCUT2D eigenvalue weighted by Gasteiger charge is -2.16. The first-order valence-electron chi connectivity index (χ1n) is 5.25. The Kier molecular flexibility index (Phi) is 5.41. The Hall–Kier alpha value is 0.280. The Morgan fingerprint density at radius 3 is 2.28 bits per heavy atom. The molecule has 0 aliphatic carbocycles. The van der Waals surface area contributed by atoms with E-state index in [1.165, 1.54) is 4.88 Å². The van der Waals surface area contributed by atoms with Gasteiger partial charge in [-0.2, -0.15) is 0 Å². The third-order valence-electron chi connectivity index (χ3n) is 2.52. The summed E-state index contributed by atoms with van der Waals surface area (Å²) in [5.41, 5.74) is 4.04. The first kappa shape index (κ1) is 14.7. The summed E-state index contributed by atoms with van der Waals surface area (Å²) in [4.78, 5) is 1.29. The van der Waals surface area contributed by atoms with Crippen LogP contribution in [-0.4, -0.2) is 0 Å². The normalized spacial score (nSPS) is 12.7. The van der Waals surface area contributed by atoms with Crippen LogP contribution in [0.3, 0.4) is 0 Å². The fraction of sp³-hybridized carbons (Fsp3) is 0.167. The van der Waals surface area contributed by atoms with Crippen LogP contribution in [0, 0.1) is 0 Å². The number of hydrogen-bond donors (Lipinski definition) is 2. The summed E-state index contributed by atoms with van der Waals surface area (Å²) in [6.07, 6.45) is 0.871. The maximum atomic E-state index is 5.67. The zero-order chi connectivity index (χ0) is 13.1. The van der Waals surface area contributed by atoms with E-state index in [2.05, 4.69) is 77.5 Å². The molecule has 0 spiro atoms. The van der Waals surface area contributed by atoms with Crippen molar-refractivity contribution < 1.29 is 0 Å². The topological polar surface area (TPSA) is 38.0 Å². The average Bonchev–Trinajstić information content (AvgIpc) is 2.70. The number of rotatable bonds is 4. The Morgan fingerprint density at radius 1 is 1.11 bits per heavy atom. The number of thiophene rings is 1. The quantitative estimate of drug-likeness (QED) is 0.515. The first-order chi connectivity index (χ1) is 8.58. The van der Waals surface area contributed by atoms with Gasteiger partial charge in [0.25, 0.3) is 0 Å².